The van der Waals surface area contributed by atoms with Gasteiger partial charge in [-0.15, -0.1) is 0 Å². The molecule has 4 heteroatoms. The van der Waals surface area contributed by atoms with Crippen LogP contribution in [0.2, 0.25) is 0 Å². The first-order chi connectivity index (χ1) is 7.18. The zero-order valence-electron chi connectivity index (χ0n) is 8.95. The molecule has 0 bridgehead atoms. The van der Waals surface area contributed by atoms with Gasteiger partial charge < -0.3 is 5.73 Å². The molecule has 84 valence electrons. The highest BCUT2D eigenvalue weighted by molar-refractivity contribution is 5.82. The Hall–Kier alpha value is -0.900. The Morgan fingerprint density at radius 1 is 1.33 bits per heavy atom. The number of piperidine rings is 1. The summed E-state index contributed by atoms with van der Waals surface area (Å²) >= 11 is 0. The van der Waals surface area contributed by atoms with Crippen LogP contribution in [0, 0.1) is 0 Å². The molecular formula is C11H18N2O2. The van der Waals surface area contributed by atoms with E-state index in [0.29, 0.717) is 18.6 Å². The normalized spacial score (nSPS) is 33.2. The van der Waals surface area contributed by atoms with Crippen molar-refractivity contribution in [3.8, 4) is 0 Å². The second-order valence-electron chi connectivity index (χ2n) is 4.59. The highest BCUT2D eigenvalue weighted by Gasteiger charge is 2.35. The van der Waals surface area contributed by atoms with Crippen molar-refractivity contribution in [2.45, 2.75) is 50.6 Å². The van der Waals surface area contributed by atoms with E-state index in [1.54, 1.807) is 0 Å². The Morgan fingerprint density at radius 3 is 2.73 bits per heavy atom. The molecule has 1 heterocycles. The number of primary amides is 1. The molecule has 15 heavy (non-hydrogen) atoms. The van der Waals surface area contributed by atoms with E-state index < -0.39 is 0 Å². The van der Waals surface area contributed by atoms with Crippen LogP contribution in [0.15, 0.2) is 0 Å². The first-order valence-electron chi connectivity index (χ1n) is 5.75. The quantitative estimate of drug-likeness (QED) is 0.719. The van der Waals surface area contributed by atoms with Gasteiger partial charge in [0.15, 0.2) is 0 Å². The van der Waals surface area contributed by atoms with Crippen LogP contribution in [0.5, 0.6) is 0 Å². The molecule has 2 atom stereocenters. The minimum absolute atomic E-state index is 0.130. The van der Waals surface area contributed by atoms with E-state index >= 15 is 0 Å². The van der Waals surface area contributed by atoms with Gasteiger partial charge >= 0.3 is 0 Å². The van der Waals surface area contributed by atoms with Crippen LogP contribution in [-0.4, -0.2) is 35.2 Å². The zero-order valence-corrected chi connectivity index (χ0v) is 8.95. The van der Waals surface area contributed by atoms with Crippen LogP contribution in [0.3, 0.4) is 0 Å². The maximum Gasteiger partial charge on any atom is 0.234 e. The summed E-state index contributed by atoms with van der Waals surface area (Å²) in [5.41, 5.74) is 5.39. The molecule has 0 aromatic heterocycles. The number of rotatable bonds is 2. The third-order valence-corrected chi connectivity index (χ3v) is 3.56. The third kappa shape index (κ3) is 2.20. The molecule has 4 nitrogen and oxygen atoms in total. The molecule has 0 spiro atoms. The fourth-order valence-electron chi connectivity index (χ4n) is 2.77. The second-order valence-corrected chi connectivity index (χ2v) is 4.59. The Labute approximate surface area is 89.8 Å². The van der Waals surface area contributed by atoms with Crippen molar-refractivity contribution in [2.75, 3.05) is 6.54 Å². The number of Topliss-reactive ketones (excluding diaryl/α,β-unsaturated/α-hetero) is 1. The average molecular weight is 210 g/mol. The molecule has 0 radical (unpaired) electrons. The highest BCUT2D eigenvalue weighted by Crippen LogP contribution is 2.27. The maximum absolute atomic E-state index is 11.3. The van der Waals surface area contributed by atoms with Gasteiger partial charge in [-0.3, -0.25) is 14.5 Å². The van der Waals surface area contributed by atoms with Crippen LogP contribution in [0.4, 0.5) is 0 Å². The van der Waals surface area contributed by atoms with Crippen LogP contribution in [0.25, 0.3) is 0 Å². The molecule has 1 saturated heterocycles. The lowest BCUT2D eigenvalue weighted by Gasteiger charge is -2.37. The molecule has 0 aromatic rings. The molecule has 2 aliphatic rings. The van der Waals surface area contributed by atoms with Crippen molar-refractivity contribution in [2.24, 2.45) is 5.73 Å². The lowest BCUT2D eigenvalue weighted by Crippen LogP contribution is -2.51. The largest absolute Gasteiger partial charge is 0.368 e. The Balaban J connectivity index is 2.04. The summed E-state index contributed by atoms with van der Waals surface area (Å²) in [5, 5.41) is 0. The van der Waals surface area contributed by atoms with Crippen molar-refractivity contribution < 1.29 is 9.59 Å². The average Bonchev–Trinajstić information content (AvgIpc) is 2.65. The van der Waals surface area contributed by atoms with Gasteiger partial charge in [0.25, 0.3) is 0 Å². The molecule has 2 fully saturated rings. The topological polar surface area (TPSA) is 63.4 Å². The first kappa shape index (κ1) is 10.6. The van der Waals surface area contributed by atoms with Gasteiger partial charge in [0.2, 0.25) is 5.91 Å². The predicted octanol–water partition coefficient (Wildman–Crippen LogP) is 0.448. The molecule has 2 N–H and O–H groups in total. The van der Waals surface area contributed by atoms with E-state index in [1.165, 1.54) is 0 Å². The van der Waals surface area contributed by atoms with Crippen molar-refractivity contribution in [3.63, 3.8) is 0 Å². The molecule has 1 aliphatic heterocycles. The van der Waals surface area contributed by atoms with E-state index in [1.807, 2.05) is 0 Å². The lowest BCUT2D eigenvalue weighted by atomic mass is 9.98. The fraction of sp³-hybridized carbons (Fsp3) is 0.818. The molecule has 2 rings (SSSR count). The molecule has 1 saturated carbocycles. The number of carbonyl (C=O) groups excluding carboxylic acids is 2. The zero-order chi connectivity index (χ0) is 10.8. The van der Waals surface area contributed by atoms with Crippen molar-refractivity contribution in [1.82, 2.24) is 4.90 Å². The number of nitrogens with two attached hydrogens (primary N) is 1. The summed E-state index contributed by atoms with van der Waals surface area (Å²) in [6.07, 6.45) is 5.25. The Bertz CT molecular complexity index is 278. The highest BCUT2D eigenvalue weighted by atomic mass is 16.1. The van der Waals surface area contributed by atoms with Crippen LogP contribution >= 0.6 is 0 Å². The monoisotopic (exact) mass is 210 g/mol. The molecule has 1 amide bonds. The second kappa shape index (κ2) is 4.31. The number of carbonyl (C=O) groups is 2. The predicted molar refractivity (Wildman–Crippen MR) is 56.2 cm³/mol. The van der Waals surface area contributed by atoms with Crippen molar-refractivity contribution in [1.29, 1.82) is 0 Å². The number of nitrogens with zero attached hydrogens (tertiary/aromatic N) is 1. The molecule has 2 unspecified atom stereocenters. The molecule has 1 aliphatic carbocycles. The SMILES string of the molecule is NC(=O)C1CCCCN1C1CCC(=O)C1. The Kier molecular flexibility index (Phi) is 3.05. The number of hydrogen-bond acceptors (Lipinski definition) is 3. The minimum Gasteiger partial charge on any atom is -0.368 e. The third-order valence-electron chi connectivity index (χ3n) is 3.56. The van der Waals surface area contributed by atoms with Gasteiger partial charge in [0, 0.05) is 18.9 Å². The smallest absolute Gasteiger partial charge is 0.234 e. The summed E-state index contributed by atoms with van der Waals surface area (Å²) in [5.74, 6) is 0.0999. The molecule has 0 aromatic carbocycles. The summed E-state index contributed by atoms with van der Waals surface area (Å²) in [6.45, 7) is 0.922. The van der Waals surface area contributed by atoms with E-state index in [-0.39, 0.29) is 18.0 Å². The van der Waals surface area contributed by atoms with E-state index in [2.05, 4.69) is 4.90 Å². The Morgan fingerprint density at radius 2 is 2.13 bits per heavy atom. The van der Waals surface area contributed by atoms with E-state index in [4.69, 9.17) is 5.73 Å². The van der Waals surface area contributed by atoms with Gasteiger partial charge in [-0.1, -0.05) is 6.42 Å². The minimum atomic E-state index is -0.228. The summed E-state index contributed by atoms with van der Waals surface area (Å²) in [4.78, 5) is 24.7. The fourth-order valence-corrected chi connectivity index (χ4v) is 2.77. The van der Waals surface area contributed by atoms with Crippen LogP contribution < -0.4 is 5.73 Å². The lowest BCUT2D eigenvalue weighted by molar-refractivity contribution is -0.126. The van der Waals surface area contributed by atoms with Crippen molar-refractivity contribution >= 4 is 11.7 Å². The van der Waals surface area contributed by atoms with E-state index in [9.17, 15) is 9.59 Å². The van der Waals surface area contributed by atoms with Crippen LogP contribution in [-0.2, 0) is 9.59 Å². The maximum atomic E-state index is 11.3. The van der Waals surface area contributed by atoms with Gasteiger partial charge in [-0.2, -0.15) is 0 Å². The standard InChI is InChI=1S/C11H18N2O2/c12-11(15)10-3-1-2-6-13(10)8-4-5-9(14)7-8/h8,10H,1-7H2,(H2,12,15). The number of ketones is 1. The number of likely N-dealkylation sites (tertiary alicyclic amines) is 1. The van der Waals surface area contributed by atoms with Gasteiger partial charge in [-0.25, -0.2) is 0 Å². The van der Waals surface area contributed by atoms with Gasteiger partial charge in [0.1, 0.15) is 5.78 Å². The molecular weight excluding hydrogens is 192 g/mol. The van der Waals surface area contributed by atoms with Gasteiger partial charge in [0.05, 0.1) is 6.04 Å². The summed E-state index contributed by atoms with van der Waals surface area (Å²) in [7, 11) is 0. The summed E-state index contributed by atoms with van der Waals surface area (Å²) in [6, 6.07) is 0.143. The van der Waals surface area contributed by atoms with E-state index in [0.717, 1.165) is 32.2 Å². The first-order valence-corrected chi connectivity index (χ1v) is 5.75. The van der Waals surface area contributed by atoms with Crippen molar-refractivity contribution in [3.05, 3.63) is 0 Å². The van der Waals surface area contributed by atoms with Gasteiger partial charge in [-0.05, 0) is 25.8 Å². The number of amides is 1. The number of hydrogen-bond donors (Lipinski definition) is 1. The van der Waals surface area contributed by atoms with Crippen LogP contribution in [0.1, 0.15) is 38.5 Å². The summed E-state index contributed by atoms with van der Waals surface area (Å²) < 4.78 is 0.